The minimum Gasteiger partial charge on any atom is -0.378 e. The van der Waals surface area contributed by atoms with Gasteiger partial charge in [-0.05, 0) is 69.8 Å². The van der Waals surface area contributed by atoms with Crippen LogP contribution >= 0.6 is 0 Å². The number of rotatable bonds is 15. The average molecular weight is 470 g/mol. The molecule has 1 aliphatic rings. The number of nitrogens with one attached hydrogen (secondary N) is 1. The molecule has 182 valence electrons. The zero-order valence-electron chi connectivity index (χ0n) is 19.6. The molecule has 0 saturated heterocycles. The monoisotopic (exact) mass is 469 g/mol. The van der Waals surface area contributed by atoms with Crippen molar-refractivity contribution in [2.45, 2.75) is 70.1 Å². The standard InChI is InChI=1S/C24H40FN3O3S/c1-4-17-27(2)18-7-5-6-8-19-31-24-15-13-23(14-16-24)28(3)32(29,30)26-20-21-9-11-22(25)12-10-21/h4,9-12,23-24,26H,1,5-8,13-20H2,2-3H3/t23-,24-. The summed E-state index contributed by atoms with van der Waals surface area (Å²) >= 11 is 0. The second-order valence-corrected chi connectivity index (χ2v) is 10.6. The Hall–Kier alpha value is -1.32. The highest BCUT2D eigenvalue weighted by Gasteiger charge is 2.30. The van der Waals surface area contributed by atoms with Crippen LogP contribution in [0.5, 0.6) is 0 Å². The van der Waals surface area contributed by atoms with E-state index in [1.165, 1.54) is 35.7 Å². The van der Waals surface area contributed by atoms with E-state index in [-0.39, 0.29) is 24.5 Å². The van der Waals surface area contributed by atoms with Crippen molar-refractivity contribution in [3.05, 3.63) is 48.3 Å². The van der Waals surface area contributed by atoms with Crippen molar-refractivity contribution in [1.82, 2.24) is 13.9 Å². The van der Waals surface area contributed by atoms with E-state index in [4.69, 9.17) is 4.74 Å². The first kappa shape index (κ1) is 26.9. The van der Waals surface area contributed by atoms with Crippen LogP contribution in [0.2, 0.25) is 0 Å². The molecule has 0 aromatic heterocycles. The third-order valence-corrected chi connectivity index (χ3v) is 7.70. The quantitative estimate of drug-likeness (QED) is 0.310. The first-order valence-corrected chi connectivity index (χ1v) is 13.1. The third kappa shape index (κ3) is 9.67. The van der Waals surface area contributed by atoms with E-state index in [0.717, 1.165) is 57.4 Å². The highest BCUT2D eigenvalue weighted by molar-refractivity contribution is 7.87. The molecule has 32 heavy (non-hydrogen) atoms. The van der Waals surface area contributed by atoms with Crippen LogP contribution in [-0.2, 0) is 21.5 Å². The maximum atomic E-state index is 13.0. The molecular weight excluding hydrogens is 429 g/mol. The molecule has 8 heteroatoms. The highest BCUT2D eigenvalue weighted by Crippen LogP contribution is 2.26. The van der Waals surface area contributed by atoms with Crippen LogP contribution in [0.3, 0.4) is 0 Å². The number of ether oxygens (including phenoxy) is 1. The lowest BCUT2D eigenvalue weighted by atomic mass is 9.93. The van der Waals surface area contributed by atoms with Gasteiger partial charge in [0.05, 0.1) is 6.10 Å². The molecule has 0 spiro atoms. The fraction of sp³-hybridized carbons (Fsp3) is 0.667. The molecule has 0 atom stereocenters. The number of unbranched alkanes of at least 4 members (excludes halogenated alkanes) is 3. The molecule has 1 fully saturated rings. The van der Waals surface area contributed by atoms with Crippen LogP contribution < -0.4 is 4.72 Å². The lowest BCUT2D eigenvalue weighted by Gasteiger charge is -2.34. The predicted octanol–water partition coefficient (Wildman–Crippen LogP) is 4.10. The SMILES string of the molecule is C=CCN(C)CCCCCCO[C@H]1CC[C@H](N(C)S(=O)(=O)NCc2ccc(F)cc2)CC1. The summed E-state index contributed by atoms with van der Waals surface area (Å²) in [5, 5.41) is 0. The summed E-state index contributed by atoms with van der Waals surface area (Å²) < 4.78 is 48.4. The van der Waals surface area contributed by atoms with Gasteiger partial charge in [0.25, 0.3) is 10.2 Å². The third-order valence-electron chi connectivity index (χ3n) is 6.14. The molecule has 0 amide bonds. The topological polar surface area (TPSA) is 61.9 Å². The summed E-state index contributed by atoms with van der Waals surface area (Å²) in [6.07, 6.45) is 10.2. The van der Waals surface area contributed by atoms with Crippen molar-refractivity contribution >= 4 is 10.2 Å². The molecule has 0 bridgehead atoms. The van der Waals surface area contributed by atoms with Gasteiger partial charge >= 0.3 is 0 Å². The number of nitrogens with zero attached hydrogens (tertiary/aromatic N) is 2. The van der Waals surface area contributed by atoms with Crippen molar-refractivity contribution in [3.8, 4) is 0 Å². The van der Waals surface area contributed by atoms with E-state index in [1.807, 2.05) is 6.08 Å². The Bertz CT molecular complexity index is 765. The van der Waals surface area contributed by atoms with Crippen LogP contribution in [0.15, 0.2) is 36.9 Å². The molecule has 0 aliphatic heterocycles. The number of likely N-dealkylation sites (N-methyl/N-ethyl adjacent to an activating group) is 1. The smallest absolute Gasteiger partial charge is 0.279 e. The van der Waals surface area contributed by atoms with Gasteiger partial charge in [0.15, 0.2) is 0 Å². The van der Waals surface area contributed by atoms with Gasteiger partial charge in [0.2, 0.25) is 0 Å². The number of benzene rings is 1. The molecule has 1 N–H and O–H groups in total. The average Bonchev–Trinajstić information content (AvgIpc) is 2.78. The first-order valence-electron chi connectivity index (χ1n) is 11.7. The van der Waals surface area contributed by atoms with E-state index in [9.17, 15) is 12.8 Å². The zero-order valence-corrected chi connectivity index (χ0v) is 20.5. The summed E-state index contributed by atoms with van der Waals surface area (Å²) in [4.78, 5) is 2.28. The van der Waals surface area contributed by atoms with Gasteiger partial charge in [-0.2, -0.15) is 17.4 Å². The lowest BCUT2D eigenvalue weighted by molar-refractivity contribution is 0.0155. The van der Waals surface area contributed by atoms with Gasteiger partial charge in [-0.1, -0.05) is 31.1 Å². The van der Waals surface area contributed by atoms with Crippen LogP contribution in [0.25, 0.3) is 0 Å². The van der Waals surface area contributed by atoms with Crippen molar-refractivity contribution in [1.29, 1.82) is 0 Å². The second kappa shape index (κ2) is 14.1. The molecule has 1 saturated carbocycles. The molecule has 1 aromatic rings. The summed E-state index contributed by atoms with van der Waals surface area (Å²) in [6.45, 7) is 6.73. The predicted molar refractivity (Wildman–Crippen MR) is 128 cm³/mol. The van der Waals surface area contributed by atoms with E-state index in [2.05, 4.69) is 23.2 Å². The van der Waals surface area contributed by atoms with Crippen molar-refractivity contribution in [3.63, 3.8) is 0 Å². The van der Waals surface area contributed by atoms with Crippen LogP contribution in [0.1, 0.15) is 56.9 Å². The summed E-state index contributed by atoms with van der Waals surface area (Å²) in [5.41, 5.74) is 0.726. The number of halogens is 1. The Labute approximate surface area is 194 Å². The Morgan fingerprint density at radius 1 is 1.09 bits per heavy atom. The van der Waals surface area contributed by atoms with Crippen molar-refractivity contribution in [2.75, 3.05) is 33.8 Å². The summed E-state index contributed by atoms with van der Waals surface area (Å²) in [6, 6.07) is 5.81. The molecule has 0 unspecified atom stereocenters. The highest BCUT2D eigenvalue weighted by atomic mass is 32.2. The van der Waals surface area contributed by atoms with E-state index >= 15 is 0 Å². The molecule has 2 rings (SSSR count). The Balaban J connectivity index is 1.60. The van der Waals surface area contributed by atoms with Crippen LogP contribution in [-0.4, -0.2) is 63.6 Å². The number of hydrogen-bond donors (Lipinski definition) is 1. The molecule has 1 aromatic carbocycles. The van der Waals surface area contributed by atoms with E-state index < -0.39 is 10.2 Å². The van der Waals surface area contributed by atoms with Crippen LogP contribution in [0.4, 0.5) is 4.39 Å². The van der Waals surface area contributed by atoms with Crippen molar-refractivity contribution in [2.24, 2.45) is 0 Å². The minimum atomic E-state index is -3.59. The fourth-order valence-corrected chi connectivity index (χ4v) is 5.21. The van der Waals surface area contributed by atoms with Gasteiger partial charge < -0.3 is 9.64 Å². The number of hydrogen-bond acceptors (Lipinski definition) is 4. The van der Waals surface area contributed by atoms with Crippen molar-refractivity contribution < 1.29 is 17.5 Å². The maximum Gasteiger partial charge on any atom is 0.279 e. The van der Waals surface area contributed by atoms with Gasteiger partial charge in [-0.3, -0.25) is 0 Å². The Morgan fingerprint density at radius 2 is 1.75 bits per heavy atom. The fourth-order valence-electron chi connectivity index (χ4n) is 4.05. The van der Waals surface area contributed by atoms with Gasteiger partial charge in [-0.25, -0.2) is 4.39 Å². The minimum absolute atomic E-state index is 0.0203. The molecule has 0 radical (unpaired) electrons. The normalized spacial score (nSPS) is 19.5. The summed E-state index contributed by atoms with van der Waals surface area (Å²) in [7, 11) is 0.161. The van der Waals surface area contributed by atoms with Gasteiger partial charge in [0.1, 0.15) is 5.82 Å². The Kier molecular flexibility index (Phi) is 11.8. The van der Waals surface area contributed by atoms with Crippen LogP contribution in [0, 0.1) is 5.82 Å². The van der Waals surface area contributed by atoms with E-state index in [0.29, 0.717) is 0 Å². The van der Waals surface area contributed by atoms with E-state index in [1.54, 1.807) is 19.2 Å². The molecule has 0 heterocycles. The zero-order chi connectivity index (χ0) is 23.4. The molecule has 6 nitrogen and oxygen atoms in total. The maximum absolute atomic E-state index is 13.0. The largest absolute Gasteiger partial charge is 0.378 e. The van der Waals surface area contributed by atoms with Gasteiger partial charge in [-0.15, -0.1) is 6.58 Å². The van der Waals surface area contributed by atoms with Gasteiger partial charge in [0, 0.05) is 32.8 Å². The summed E-state index contributed by atoms with van der Waals surface area (Å²) in [5.74, 6) is -0.334. The lowest BCUT2D eigenvalue weighted by Crippen LogP contribution is -2.45. The first-order chi connectivity index (χ1) is 15.3. The molecule has 1 aliphatic carbocycles. The Morgan fingerprint density at radius 3 is 2.41 bits per heavy atom. The molecular formula is C24H40FN3O3S. The second-order valence-electron chi connectivity index (χ2n) is 8.74.